The van der Waals surface area contributed by atoms with E-state index in [0.717, 1.165) is 46.7 Å². The van der Waals surface area contributed by atoms with Crippen molar-refractivity contribution in [3.8, 4) is 10.4 Å². The van der Waals surface area contributed by atoms with Crippen LogP contribution in [0.25, 0.3) is 10.4 Å². The smallest absolute Gasteiger partial charge is 0.404 e. The lowest BCUT2D eigenvalue weighted by Gasteiger charge is -2.26. The topological polar surface area (TPSA) is 123 Å². The molecule has 4 N–H and O–H groups in total. The molecule has 2 aromatic carbocycles. The number of amides is 3. The second-order valence-electron chi connectivity index (χ2n) is 9.35. The van der Waals surface area contributed by atoms with Crippen molar-refractivity contribution in [2.75, 3.05) is 18.6 Å². The number of benzene rings is 2. The molecule has 1 aliphatic carbocycles. The van der Waals surface area contributed by atoms with Gasteiger partial charge in [-0.15, -0.1) is 11.3 Å². The summed E-state index contributed by atoms with van der Waals surface area (Å²) in [5.74, 6) is 0.296. The molecule has 10 heteroatoms. The van der Waals surface area contributed by atoms with E-state index in [1.807, 2.05) is 48.7 Å². The molecule has 1 heterocycles. The highest BCUT2D eigenvalue weighted by Gasteiger charge is 2.27. The summed E-state index contributed by atoms with van der Waals surface area (Å²) in [5.41, 5.74) is 7.60. The van der Waals surface area contributed by atoms with Crippen LogP contribution >= 0.6 is 18.5 Å². The number of rotatable bonds is 7. The Morgan fingerprint density at radius 1 is 1.11 bits per heavy atom. The number of nitrogens with zero attached hydrogens (tertiary/aromatic N) is 1. The minimum atomic E-state index is -2.65. The Morgan fingerprint density at radius 3 is 2.50 bits per heavy atom. The molecule has 0 aliphatic heterocycles. The summed E-state index contributed by atoms with van der Waals surface area (Å²) >= 11 is 1.60. The summed E-state index contributed by atoms with van der Waals surface area (Å²) in [7, 11) is -2.65. The summed E-state index contributed by atoms with van der Waals surface area (Å²) in [6.45, 7) is 3.87. The molecule has 0 saturated heterocycles. The predicted molar refractivity (Wildman–Crippen MR) is 145 cm³/mol. The van der Waals surface area contributed by atoms with Crippen molar-refractivity contribution in [3.05, 3.63) is 65.3 Å². The Labute approximate surface area is 215 Å². The third-order valence-electron chi connectivity index (χ3n) is 6.23. The average molecular weight is 527 g/mol. The lowest BCUT2D eigenvalue weighted by molar-refractivity contribution is 0.0787. The molecule has 3 amide bonds. The number of thiazole rings is 1. The summed E-state index contributed by atoms with van der Waals surface area (Å²) in [5, 5.41) is 7.42. The molecule has 1 fully saturated rings. The number of nitrogens with one attached hydrogen (secondary N) is 2. The van der Waals surface area contributed by atoms with E-state index in [2.05, 4.69) is 15.6 Å². The number of carbonyl (C=O) groups excluding carboxylic acids is 2. The molecular weight excluding hydrogens is 495 g/mol. The van der Waals surface area contributed by atoms with Gasteiger partial charge >= 0.3 is 12.1 Å². The molecule has 0 spiro atoms. The van der Waals surface area contributed by atoms with Crippen molar-refractivity contribution < 1.29 is 18.9 Å². The fourth-order valence-electron chi connectivity index (χ4n) is 4.41. The molecule has 8 nitrogen and oxygen atoms in total. The zero-order valence-corrected chi connectivity index (χ0v) is 22.1. The summed E-state index contributed by atoms with van der Waals surface area (Å²) in [6, 6.07) is 14.9. The first-order chi connectivity index (χ1) is 17.2. The Kier molecular flexibility index (Phi) is 8.11. The molecule has 0 atom stereocenters. The highest BCUT2D eigenvalue weighted by atomic mass is 32.1. The molecule has 4 rings (SSSR count). The Morgan fingerprint density at radius 2 is 1.83 bits per heavy atom. The molecule has 190 valence electrons. The molecule has 0 radical (unpaired) electrons. The van der Waals surface area contributed by atoms with Gasteiger partial charge in [0.25, 0.3) is 0 Å². The van der Waals surface area contributed by atoms with Crippen LogP contribution in [0.1, 0.15) is 42.2 Å². The van der Waals surface area contributed by atoms with Gasteiger partial charge in [-0.1, -0.05) is 36.4 Å². The summed E-state index contributed by atoms with van der Waals surface area (Å²) in [6.07, 6.45) is 4.26. The van der Waals surface area contributed by atoms with E-state index in [-0.39, 0.29) is 12.1 Å². The van der Waals surface area contributed by atoms with Crippen LogP contribution in [-0.2, 0) is 15.8 Å². The first kappa shape index (κ1) is 25.9. The second-order valence-corrected chi connectivity index (χ2v) is 13.6. The van der Waals surface area contributed by atoms with Crippen molar-refractivity contribution in [3.63, 3.8) is 0 Å². The van der Waals surface area contributed by atoms with Crippen molar-refractivity contribution in [2.24, 2.45) is 5.73 Å². The SMILES string of the molecule is CP(C)(=O)c1cc(NC(=O)NCc2ccccc2)ccc1-c1cnc(C2CCC(OC(N)=O)CC2)s1. The van der Waals surface area contributed by atoms with Gasteiger partial charge in [-0.3, -0.25) is 0 Å². The zero-order valence-electron chi connectivity index (χ0n) is 20.4. The van der Waals surface area contributed by atoms with Crippen molar-refractivity contribution in [1.29, 1.82) is 0 Å². The lowest BCUT2D eigenvalue weighted by Crippen LogP contribution is -2.28. The van der Waals surface area contributed by atoms with Crippen LogP contribution in [0, 0.1) is 0 Å². The number of ether oxygens (including phenoxy) is 1. The van der Waals surface area contributed by atoms with Gasteiger partial charge in [0.15, 0.2) is 0 Å². The standard InChI is InChI=1S/C26H31N4O4PS/c1-35(2,33)22-14-19(30-26(32)29-15-17-6-4-3-5-7-17)10-13-21(22)23-16-28-24(36-23)18-8-11-20(12-9-18)34-25(27)31/h3-7,10,13-14,16,18,20H,8-9,11-12,15H2,1-2H3,(H2,27,31)(H2,29,30,32). The van der Waals surface area contributed by atoms with E-state index in [9.17, 15) is 14.2 Å². The monoisotopic (exact) mass is 526 g/mol. The number of aromatic nitrogens is 1. The second kappa shape index (κ2) is 11.3. The number of carbonyl (C=O) groups is 2. The number of urea groups is 1. The minimum absolute atomic E-state index is 0.124. The van der Waals surface area contributed by atoms with Gasteiger partial charge < -0.3 is 25.7 Å². The highest BCUT2D eigenvalue weighted by Crippen LogP contribution is 2.43. The van der Waals surface area contributed by atoms with E-state index >= 15 is 0 Å². The van der Waals surface area contributed by atoms with Gasteiger partial charge in [0, 0.05) is 35.2 Å². The minimum Gasteiger partial charge on any atom is -0.446 e. The van der Waals surface area contributed by atoms with E-state index in [1.165, 1.54) is 0 Å². The van der Waals surface area contributed by atoms with Gasteiger partial charge in [0.1, 0.15) is 13.2 Å². The number of hydrogen-bond acceptors (Lipinski definition) is 6. The third kappa shape index (κ3) is 6.74. The van der Waals surface area contributed by atoms with Crippen LogP contribution < -0.4 is 21.7 Å². The van der Waals surface area contributed by atoms with Gasteiger partial charge in [-0.2, -0.15) is 0 Å². The van der Waals surface area contributed by atoms with Gasteiger partial charge in [-0.05, 0) is 56.7 Å². The lowest BCUT2D eigenvalue weighted by atomic mass is 9.88. The third-order valence-corrected chi connectivity index (χ3v) is 8.95. The zero-order chi connectivity index (χ0) is 25.7. The van der Waals surface area contributed by atoms with Crippen molar-refractivity contribution in [1.82, 2.24) is 10.3 Å². The average Bonchev–Trinajstić information content (AvgIpc) is 3.33. The quantitative estimate of drug-likeness (QED) is 0.351. The molecule has 0 unspecified atom stereocenters. The Hall–Kier alpha value is -3.16. The molecule has 3 aromatic rings. The first-order valence-electron chi connectivity index (χ1n) is 11.9. The van der Waals surface area contributed by atoms with Crippen LogP contribution in [0.15, 0.2) is 54.7 Å². The van der Waals surface area contributed by atoms with Crippen LogP contribution in [0.4, 0.5) is 15.3 Å². The van der Waals surface area contributed by atoms with E-state index in [0.29, 0.717) is 23.5 Å². The normalized spacial score (nSPS) is 17.8. The Bertz CT molecular complexity index is 1270. The van der Waals surface area contributed by atoms with Crippen LogP contribution in [0.3, 0.4) is 0 Å². The van der Waals surface area contributed by atoms with E-state index in [4.69, 9.17) is 10.5 Å². The molecule has 1 aliphatic rings. The van der Waals surface area contributed by atoms with Gasteiger partial charge in [-0.25, -0.2) is 14.6 Å². The van der Waals surface area contributed by atoms with Crippen LogP contribution in [0.5, 0.6) is 0 Å². The largest absolute Gasteiger partial charge is 0.446 e. The molecular formula is C26H31N4O4PS. The van der Waals surface area contributed by atoms with E-state index in [1.54, 1.807) is 30.7 Å². The van der Waals surface area contributed by atoms with Crippen LogP contribution in [0.2, 0.25) is 0 Å². The van der Waals surface area contributed by atoms with E-state index < -0.39 is 13.2 Å². The number of anilines is 1. The number of hydrogen-bond donors (Lipinski definition) is 3. The number of primary amides is 1. The maximum atomic E-state index is 13.2. The Balaban J connectivity index is 1.46. The highest BCUT2D eigenvalue weighted by molar-refractivity contribution is 7.70. The van der Waals surface area contributed by atoms with Crippen molar-refractivity contribution >= 4 is 41.6 Å². The maximum absolute atomic E-state index is 13.2. The molecule has 36 heavy (non-hydrogen) atoms. The fraction of sp³-hybridized carbons (Fsp3) is 0.346. The van der Waals surface area contributed by atoms with Gasteiger partial charge in [0.2, 0.25) is 0 Å². The summed E-state index contributed by atoms with van der Waals surface area (Å²) < 4.78 is 18.3. The molecule has 1 saturated carbocycles. The molecule has 0 bridgehead atoms. The molecule has 1 aromatic heterocycles. The fourth-order valence-corrected chi connectivity index (χ4v) is 6.84. The maximum Gasteiger partial charge on any atom is 0.404 e. The van der Waals surface area contributed by atoms with Crippen molar-refractivity contribution in [2.45, 2.75) is 44.2 Å². The first-order valence-corrected chi connectivity index (χ1v) is 15.3. The predicted octanol–water partition coefficient (Wildman–Crippen LogP) is 5.50. The summed E-state index contributed by atoms with van der Waals surface area (Å²) in [4.78, 5) is 29.0. The van der Waals surface area contributed by atoms with Gasteiger partial charge in [0.05, 0.1) is 9.88 Å². The van der Waals surface area contributed by atoms with Crippen LogP contribution in [-0.4, -0.2) is 36.5 Å². The number of nitrogens with two attached hydrogens (primary N) is 1.